The number of ether oxygens (including phenoxy) is 1. The van der Waals surface area contributed by atoms with Crippen LogP contribution in [0, 0.1) is 0 Å². The molecule has 3 rings (SSSR count). The molecule has 1 heterocycles. The number of carbonyl (C=O) groups excluding carboxylic acids is 2. The fraction of sp³-hybridized carbons (Fsp3) is 0.391. The van der Waals surface area contributed by atoms with Crippen LogP contribution in [0.3, 0.4) is 0 Å². The minimum absolute atomic E-state index is 0.0116. The van der Waals surface area contributed by atoms with Gasteiger partial charge in [0.1, 0.15) is 5.75 Å². The lowest BCUT2D eigenvalue weighted by Crippen LogP contribution is -2.37. The maximum Gasteiger partial charge on any atom is 0.251 e. The molecule has 5 nitrogen and oxygen atoms in total. The van der Waals surface area contributed by atoms with Crippen molar-refractivity contribution >= 4 is 17.5 Å². The van der Waals surface area contributed by atoms with Crippen LogP contribution in [0.15, 0.2) is 48.5 Å². The maximum atomic E-state index is 12.6. The number of nitrogens with one attached hydrogen (secondary N) is 1. The molecule has 28 heavy (non-hydrogen) atoms. The van der Waals surface area contributed by atoms with Crippen LogP contribution in [-0.4, -0.2) is 31.0 Å². The van der Waals surface area contributed by atoms with E-state index in [1.54, 1.807) is 4.90 Å². The topological polar surface area (TPSA) is 58.6 Å². The summed E-state index contributed by atoms with van der Waals surface area (Å²) < 4.78 is 5.44. The second kappa shape index (κ2) is 8.05. The van der Waals surface area contributed by atoms with Gasteiger partial charge in [-0.2, -0.15) is 0 Å². The largest absolute Gasteiger partial charge is 0.494 e. The molecule has 1 aliphatic rings. The van der Waals surface area contributed by atoms with Gasteiger partial charge in [-0.15, -0.1) is 0 Å². The van der Waals surface area contributed by atoms with Crippen molar-refractivity contribution in [1.29, 1.82) is 0 Å². The molecule has 5 heteroatoms. The molecule has 0 saturated carbocycles. The third-order valence-electron chi connectivity index (χ3n) is 4.93. The smallest absolute Gasteiger partial charge is 0.251 e. The van der Waals surface area contributed by atoms with E-state index in [2.05, 4.69) is 26.1 Å². The number of rotatable bonds is 5. The van der Waals surface area contributed by atoms with Crippen molar-refractivity contribution in [3.8, 4) is 5.75 Å². The summed E-state index contributed by atoms with van der Waals surface area (Å²) in [5.74, 6) is 0.644. The van der Waals surface area contributed by atoms with Crippen LogP contribution >= 0.6 is 0 Å². The van der Waals surface area contributed by atoms with Crippen molar-refractivity contribution in [1.82, 2.24) is 5.32 Å². The number of amides is 2. The Labute approximate surface area is 166 Å². The van der Waals surface area contributed by atoms with Crippen LogP contribution in [0.5, 0.6) is 5.75 Å². The fourth-order valence-corrected chi connectivity index (χ4v) is 3.33. The Morgan fingerprint density at radius 3 is 2.32 bits per heavy atom. The van der Waals surface area contributed by atoms with Gasteiger partial charge in [0.25, 0.3) is 5.91 Å². The van der Waals surface area contributed by atoms with E-state index in [4.69, 9.17) is 4.74 Å². The SMILES string of the molecule is CCOc1ccc(N2C[C@H](NC(=O)c3ccc(C(C)(C)C)cc3)CC2=O)cc1. The van der Waals surface area contributed by atoms with E-state index < -0.39 is 0 Å². The van der Waals surface area contributed by atoms with Crippen molar-refractivity contribution in [2.24, 2.45) is 0 Å². The lowest BCUT2D eigenvalue weighted by Gasteiger charge is -2.19. The lowest BCUT2D eigenvalue weighted by molar-refractivity contribution is -0.117. The molecule has 2 aromatic carbocycles. The zero-order valence-electron chi connectivity index (χ0n) is 17.0. The Balaban J connectivity index is 1.62. The van der Waals surface area contributed by atoms with Crippen molar-refractivity contribution in [2.45, 2.75) is 45.6 Å². The number of nitrogens with zero attached hydrogens (tertiary/aromatic N) is 1. The monoisotopic (exact) mass is 380 g/mol. The molecule has 0 aromatic heterocycles. The van der Waals surface area contributed by atoms with Crippen LogP contribution in [0.2, 0.25) is 0 Å². The second-order valence-electron chi connectivity index (χ2n) is 8.13. The van der Waals surface area contributed by atoms with Crippen molar-refractivity contribution in [3.63, 3.8) is 0 Å². The Hall–Kier alpha value is -2.82. The molecule has 2 aromatic rings. The highest BCUT2D eigenvalue weighted by molar-refractivity contribution is 5.99. The molecule has 1 fully saturated rings. The van der Waals surface area contributed by atoms with Gasteiger partial charge in [0.05, 0.1) is 12.6 Å². The average Bonchev–Trinajstić information content (AvgIpc) is 3.02. The molecule has 0 radical (unpaired) electrons. The fourth-order valence-electron chi connectivity index (χ4n) is 3.33. The summed E-state index contributed by atoms with van der Waals surface area (Å²) in [5, 5.41) is 2.99. The normalized spacial score (nSPS) is 16.9. The number of carbonyl (C=O) groups is 2. The summed E-state index contributed by atoms with van der Waals surface area (Å²) >= 11 is 0. The Morgan fingerprint density at radius 1 is 1.11 bits per heavy atom. The van der Waals surface area contributed by atoms with Crippen molar-refractivity contribution < 1.29 is 14.3 Å². The molecule has 0 spiro atoms. The van der Waals surface area contributed by atoms with Gasteiger partial charge in [0.15, 0.2) is 0 Å². The van der Waals surface area contributed by atoms with Crippen LogP contribution in [0.25, 0.3) is 0 Å². The Bertz CT molecular complexity index is 836. The number of hydrogen-bond acceptors (Lipinski definition) is 3. The highest BCUT2D eigenvalue weighted by Gasteiger charge is 2.31. The van der Waals surface area contributed by atoms with E-state index in [1.165, 1.54) is 5.56 Å². The highest BCUT2D eigenvalue weighted by atomic mass is 16.5. The van der Waals surface area contributed by atoms with Crippen LogP contribution in [0.4, 0.5) is 5.69 Å². The first-order chi connectivity index (χ1) is 13.3. The molecule has 1 atom stereocenters. The maximum absolute atomic E-state index is 12.6. The summed E-state index contributed by atoms with van der Waals surface area (Å²) in [4.78, 5) is 26.7. The molecular weight excluding hydrogens is 352 g/mol. The number of anilines is 1. The van der Waals surface area contributed by atoms with Gasteiger partial charge in [0.2, 0.25) is 5.91 Å². The minimum atomic E-state index is -0.200. The van der Waals surface area contributed by atoms with E-state index in [0.717, 1.165) is 11.4 Å². The zero-order valence-corrected chi connectivity index (χ0v) is 17.0. The van der Waals surface area contributed by atoms with Gasteiger partial charge >= 0.3 is 0 Å². The van der Waals surface area contributed by atoms with Crippen LogP contribution in [-0.2, 0) is 10.2 Å². The van der Waals surface area contributed by atoms with Gasteiger partial charge in [-0.25, -0.2) is 0 Å². The number of hydrogen-bond donors (Lipinski definition) is 1. The van der Waals surface area contributed by atoms with E-state index >= 15 is 0 Å². The first-order valence-electron chi connectivity index (χ1n) is 9.72. The van der Waals surface area contributed by atoms with Gasteiger partial charge in [-0.1, -0.05) is 32.9 Å². The van der Waals surface area contributed by atoms with Crippen molar-refractivity contribution in [2.75, 3.05) is 18.1 Å². The minimum Gasteiger partial charge on any atom is -0.494 e. The van der Waals surface area contributed by atoms with Crippen LogP contribution < -0.4 is 15.0 Å². The summed E-state index contributed by atoms with van der Waals surface area (Å²) in [6, 6.07) is 14.9. The van der Waals surface area contributed by atoms with E-state index in [9.17, 15) is 9.59 Å². The van der Waals surface area contributed by atoms with Crippen molar-refractivity contribution in [3.05, 3.63) is 59.7 Å². The predicted molar refractivity (Wildman–Crippen MR) is 111 cm³/mol. The molecule has 1 saturated heterocycles. The van der Waals surface area contributed by atoms with Crippen LogP contribution in [0.1, 0.15) is 50.0 Å². The zero-order chi connectivity index (χ0) is 20.3. The summed E-state index contributed by atoms with van der Waals surface area (Å²) in [7, 11) is 0. The third kappa shape index (κ3) is 4.53. The predicted octanol–water partition coefficient (Wildman–Crippen LogP) is 3.92. The Morgan fingerprint density at radius 2 is 1.75 bits per heavy atom. The van der Waals surface area contributed by atoms with Gasteiger partial charge in [-0.3, -0.25) is 9.59 Å². The Kier molecular flexibility index (Phi) is 5.73. The average molecular weight is 380 g/mol. The molecule has 0 aliphatic carbocycles. The summed E-state index contributed by atoms with van der Waals surface area (Å²) in [6.07, 6.45) is 0.305. The van der Waals surface area contributed by atoms with E-state index in [-0.39, 0.29) is 23.3 Å². The molecule has 0 bridgehead atoms. The third-order valence-corrected chi connectivity index (χ3v) is 4.93. The van der Waals surface area contributed by atoms with Gasteiger partial charge in [-0.05, 0) is 54.3 Å². The standard InChI is InChI=1S/C23H28N2O3/c1-5-28-20-12-10-19(11-13-20)25-15-18(14-21(25)26)24-22(27)16-6-8-17(9-7-16)23(2,3)4/h6-13,18H,5,14-15H2,1-4H3,(H,24,27)/t18-/m1/s1. The lowest BCUT2D eigenvalue weighted by atomic mass is 9.86. The molecular formula is C23H28N2O3. The van der Waals surface area contributed by atoms with Gasteiger partial charge in [0, 0.05) is 24.2 Å². The molecule has 1 aliphatic heterocycles. The summed E-state index contributed by atoms with van der Waals surface area (Å²) in [5.41, 5.74) is 2.66. The van der Waals surface area contributed by atoms with E-state index in [1.807, 2.05) is 55.5 Å². The number of benzene rings is 2. The van der Waals surface area contributed by atoms with Gasteiger partial charge < -0.3 is 15.0 Å². The first kappa shape index (κ1) is 19.9. The summed E-state index contributed by atoms with van der Waals surface area (Å²) in [6.45, 7) is 9.43. The highest BCUT2D eigenvalue weighted by Crippen LogP contribution is 2.25. The first-order valence-corrected chi connectivity index (χ1v) is 9.72. The molecule has 148 valence electrons. The molecule has 2 amide bonds. The molecule has 0 unspecified atom stereocenters. The molecule has 1 N–H and O–H groups in total. The quantitative estimate of drug-likeness (QED) is 0.855. The van der Waals surface area contributed by atoms with E-state index in [0.29, 0.717) is 25.1 Å². The second-order valence-corrected chi connectivity index (χ2v) is 8.13.